The lowest BCUT2D eigenvalue weighted by Gasteiger charge is -2.31. The first-order chi connectivity index (χ1) is 10.7. The zero-order valence-electron chi connectivity index (χ0n) is 13.0. The van der Waals surface area contributed by atoms with Crippen molar-refractivity contribution in [2.45, 2.75) is 19.8 Å². The van der Waals surface area contributed by atoms with Gasteiger partial charge in [0.1, 0.15) is 9.88 Å². The lowest BCUT2D eigenvalue weighted by atomic mass is 9.97. The minimum absolute atomic E-state index is 0.153. The van der Waals surface area contributed by atoms with Gasteiger partial charge in [0.2, 0.25) is 0 Å². The van der Waals surface area contributed by atoms with Crippen LogP contribution in [0.5, 0.6) is 0 Å². The number of aromatic nitrogens is 1. The molecule has 0 aromatic carbocycles. The van der Waals surface area contributed by atoms with Gasteiger partial charge in [-0.05, 0) is 50.7 Å². The zero-order chi connectivity index (χ0) is 15.5. The van der Waals surface area contributed by atoms with Crippen LogP contribution >= 0.6 is 22.7 Å². The minimum Gasteiger partial charge on any atom is -0.338 e. The molecule has 118 valence electrons. The number of carbonyl (C=O) groups excluding carboxylic acids is 1. The van der Waals surface area contributed by atoms with E-state index in [1.165, 1.54) is 11.3 Å². The van der Waals surface area contributed by atoms with Crippen molar-refractivity contribution in [3.63, 3.8) is 0 Å². The Morgan fingerprint density at radius 2 is 2.23 bits per heavy atom. The standard InChI is InChI=1S/C16H21N3OS2/c1-11-14(22-15(18-11)13-4-3-9-21-13)16(20)19-7-5-12(6-8-19)10-17-2/h3-4,9,12,17H,5-8,10H2,1-2H3. The summed E-state index contributed by atoms with van der Waals surface area (Å²) in [6.45, 7) is 4.70. The molecule has 1 N–H and O–H groups in total. The number of piperidine rings is 1. The van der Waals surface area contributed by atoms with Crippen LogP contribution in [-0.4, -0.2) is 42.5 Å². The number of carbonyl (C=O) groups is 1. The molecular formula is C16H21N3OS2. The number of likely N-dealkylation sites (tertiary alicyclic amines) is 1. The fraction of sp³-hybridized carbons (Fsp3) is 0.500. The van der Waals surface area contributed by atoms with E-state index in [0.717, 1.165) is 52.9 Å². The van der Waals surface area contributed by atoms with Crippen LogP contribution in [0.25, 0.3) is 9.88 Å². The van der Waals surface area contributed by atoms with Crippen LogP contribution in [0.3, 0.4) is 0 Å². The van der Waals surface area contributed by atoms with Crippen molar-refractivity contribution in [1.82, 2.24) is 15.2 Å². The fourth-order valence-corrected chi connectivity index (χ4v) is 4.70. The maximum atomic E-state index is 12.8. The number of rotatable bonds is 4. The molecule has 1 fully saturated rings. The van der Waals surface area contributed by atoms with Crippen molar-refractivity contribution in [3.05, 3.63) is 28.1 Å². The summed E-state index contributed by atoms with van der Waals surface area (Å²) in [5.74, 6) is 0.846. The van der Waals surface area contributed by atoms with E-state index >= 15 is 0 Å². The highest BCUT2D eigenvalue weighted by Crippen LogP contribution is 2.32. The van der Waals surface area contributed by atoms with Crippen LogP contribution in [0.4, 0.5) is 0 Å². The average molecular weight is 335 g/mol. The molecule has 4 nitrogen and oxygen atoms in total. The predicted molar refractivity (Wildman–Crippen MR) is 92.7 cm³/mol. The molecule has 0 saturated carbocycles. The highest BCUT2D eigenvalue weighted by atomic mass is 32.1. The summed E-state index contributed by atoms with van der Waals surface area (Å²) in [7, 11) is 1.99. The molecule has 3 heterocycles. The average Bonchev–Trinajstić information content (AvgIpc) is 3.17. The summed E-state index contributed by atoms with van der Waals surface area (Å²) in [4.78, 5) is 21.3. The molecule has 0 spiro atoms. The van der Waals surface area contributed by atoms with Gasteiger partial charge in [-0.15, -0.1) is 22.7 Å². The number of nitrogens with one attached hydrogen (secondary N) is 1. The van der Waals surface area contributed by atoms with E-state index in [9.17, 15) is 4.79 Å². The minimum atomic E-state index is 0.153. The molecule has 0 atom stereocenters. The second-order valence-electron chi connectivity index (χ2n) is 5.70. The van der Waals surface area contributed by atoms with Gasteiger partial charge in [-0.1, -0.05) is 6.07 Å². The number of hydrogen-bond acceptors (Lipinski definition) is 5. The van der Waals surface area contributed by atoms with E-state index < -0.39 is 0 Å². The molecule has 1 aliphatic heterocycles. The second kappa shape index (κ2) is 6.89. The first-order valence-corrected chi connectivity index (χ1v) is 9.34. The number of nitrogens with zero attached hydrogens (tertiary/aromatic N) is 2. The molecule has 0 unspecified atom stereocenters. The Labute approximate surface area is 139 Å². The van der Waals surface area contributed by atoms with Gasteiger partial charge >= 0.3 is 0 Å². The van der Waals surface area contributed by atoms with E-state index in [0.29, 0.717) is 5.92 Å². The van der Waals surface area contributed by atoms with Gasteiger partial charge in [0.05, 0.1) is 10.6 Å². The van der Waals surface area contributed by atoms with Crippen molar-refractivity contribution >= 4 is 28.6 Å². The van der Waals surface area contributed by atoms with Gasteiger partial charge in [-0.2, -0.15) is 0 Å². The Kier molecular flexibility index (Phi) is 4.90. The van der Waals surface area contributed by atoms with E-state index in [2.05, 4.69) is 16.4 Å². The normalized spacial score (nSPS) is 16.2. The fourth-order valence-electron chi connectivity index (χ4n) is 2.87. The molecule has 1 saturated heterocycles. The maximum absolute atomic E-state index is 12.8. The Bertz CT molecular complexity index is 628. The highest BCUT2D eigenvalue weighted by Gasteiger charge is 2.26. The topological polar surface area (TPSA) is 45.2 Å². The molecule has 0 bridgehead atoms. The van der Waals surface area contributed by atoms with Crippen LogP contribution in [0.2, 0.25) is 0 Å². The van der Waals surface area contributed by atoms with E-state index in [1.807, 2.05) is 30.3 Å². The largest absolute Gasteiger partial charge is 0.338 e. The Morgan fingerprint density at radius 1 is 1.45 bits per heavy atom. The van der Waals surface area contributed by atoms with Crippen molar-refractivity contribution in [3.8, 4) is 9.88 Å². The molecule has 1 aliphatic rings. The lowest BCUT2D eigenvalue weighted by molar-refractivity contribution is 0.0695. The SMILES string of the molecule is CNCC1CCN(C(=O)c2sc(-c3cccs3)nc2C)CC1. The van der Waals surface area contributed by atoms with Crippen LogP contribution in [0.1, 0.15) is 28.2 Å². The third-order valence-corrected chi connectivity index (χ3v) is 6.30. The molecule has 0 aliphatic carbocycles. The predicted octanol–water partition coefficient (Wildman–Crippen LogP) is 3.25. The molecule has 3 rings (SSSR count). The van der Waals surface area contributed by atoms with Gasteiger partial charge in [-0.25, -0.2) is 4.98 Å². The van der Waals surface area contributed by atoms with Crippen molar-refractivity contribution in [2.24, 2.45) is 5.92 Å². The van der Waals surface area contributed by atoms with Crippen molar-refractivity contribution < 1.29 is 4.79 Å². The number of aryl methyl sites for hydroxylation is 1. The smallest absolute Gasteiger partial charge is 0.265 e. The van der Waals surface area contributed by atoms with Crippen LogP contribution < -0.4 is 5.32 Å². The van der Waals surface area contributed by atoms with Gasteiger partial charge < -0.3 is 10.2 Å². The zero-order valence-corrected chi connectivity index (χ0v) is 14.6. The van der Waals surface area contributed by atoms with Crippen LogP contribution in [0.15, 0.2) is 17.5 Å². The molecule has 0 radical (unpaired) electrons. The van der Waals surface area contributed by atoms with Crippen LogP contribution in [0, 0.1) is 12.8 Å². The van der Waals surface area contributed by atoms with Gasteiger partial charge in [0.25, 0.3) is 5.91 Å². The van der Waals surface area contributed by atoms with E-state index in [-0.39, 0.29) is 5.91 Å². The molecule has 1 amide bonds. The number of thiophene rings is 1. The first-order valence-electron chi connectivity index (χ1n) is 7.64. The van der Waals surface area contributed by atoms with E-state index in [4.69, 9.17) is 0 Å². The third-order valence-electron chi connectivity index (χ3n) is 4.12. The summed E-state index contributed by atoms with van der Waals surface area (Å²) in [6.07, 6.45) is 2.17. The Hall–Kier alpha value is -1.24. The molecular weight excluding hydrogens is 314 g/mol. The van der Waals surface area contributed by atoms with Crippen molar-refractivity contribution in [2.75, 3.05) is 26.7 Å². The maximum Gasteiger partial charge on any atom is 0.265 e. The highest BCUT2D eigenvalue weighted by molar-refractivity contribution is 7.22. The number of amides is 1. The third kappa shape index (κ3) is 3.24. The number of hydrogen-bond donors (Lipinski definition) is 1. The Balaban J connectivity index is 1.71. The second-order valence-corrected chi connectivity index (χ2v) is 7.65. The molecule has 22 heavy (non-hydrogen) atoms. The summed E-state index contributed by atoms with van der Waals surface area (Å²) in [5.41, 5.74) is 0.857. The Morgan fingerprint density at radius 3 is 2.86 bits per heavy atom. The van der Waals surface area contributed by atoms with Gasteiger partial charge in [0, 0.05) is 13.1 Å². The van der Waals surface area contributed by atoms with Crippen LogP contribution in [-0.2, 0) is 0 Å². The molecule has 6 heteroatoms. The molecule has 2 aromatic rings. The quantitative estimate of drug-likeness (QED) is 0.933. The summed E-state index contributed by atoms with van der Waals surface area (Å²) < 4.78 is 0. The van der Waals surface area contributed by atoms with Crippen molar-refractivity contribution in [1.29, 1.82) is 0 Å². The van der Waals surface area contributed by atoms with E-state index in [1.54, 1.807) is 11.3 Å². The van der Waals surface area contributed by atoms with Gasteiger partial charge in [0.15, 0.2) is 0 Å². The first kappa shape index (κ1) is 15.6. The lowest BCUT2D eigenvalue weighted by Crippen LogP contribution is -2.40. The van der Waals surface area contributed by atoms with Gasteiger partial charge in [-0.3, -0.25) is 4.79 Å². The monoisotopic (exact) mass is 335 g/mol. The molecule has 2 aromatic heterocycles. The summed E-state index contributed by atoms with van der Waals surface area (Å²) in [5, 5.41) is 6.23. The summed E-state index contributed by atoms with van der Waals surface area (Å²) >= 11 is 3.19. The number of thiazole rings is 1. The summed E-state index contributed by atoms with van der Waals surface area (Å²) in [6, 6.07) is 4.07.